The fourth-order valence-corrected chi connectivity index (χ4v) is 2.23. The Labute approximate surface area is 122 Å². The summed E-state index contributed by atoms with van der Waals surface area (Å²) in [7, 11) is 1.60. The van der Waals surface area contributed by atoms with Crippen molar-refractivity contribution >= 4 is 28.6 Å². The molecule has 108 valence electrons. The molecule has 20 heavy (non-hydrogen) atoms. The van der Waals surface area contributed by atoms with E-state index >= 15 is 0 Å². The molecule has 1 atom stereocenters. The van der Waals surface area contributed by atoms with E-state index in [9.17, 15) is 4.79 Å². The topological polar surface area (TPSA) is 53.4 Å². The summed E-state index contributed by atoms with van der Waals surface area (Å²) < 4.78 is 11.9. The second-order valence-corrected chi connectivity index (χ2v) is 4.99. The zero-order valence-corrected chi connectivity index (χ0v) is 12.5. The van der Waals surface area contributed by atoms with E-state index in [0.717, 1.165) is 11.0 Å². The number of nitrogens with zero attached hydrogens (tertiary/aromatic N) is 2. The normalized spacial score (nSPS) is 12.4. The summed E-state index contributed by atoms with van der Waals surface area (Å²) >= 11 is 6.15. The molecule has 0 saturated heterocycles. The lowest BCUT2D eigenvalue weighted by Crippen LogP contribution is -2.15. The fourth-order valence-electron chi connectivity index (χ4n) is 2.06. The molecule has 0 aliphatic rings. The van der Waals surface area contributed by atoms with Gasteiger partial charge in [0.15, 0.2) is 0 Å². The van der Waals surface area contributed by atoms with E-state index in [1.807, 2.05) is 25.1 Å². The van der Waals surface area contributed by atoms with Gasteiger partial charge in [0.25, 0.3) is 0 Å². The molecule has 1 heterocycles. The van der Waals surface area contributed by atoms with Gasteiger partial charge >= 0.3 is 5.97 Å². The highest BCUT2D eigenvalue weighted by Crippen LogP contribution is 2.27. The van der Waals surface area contributed by atoms with Crippen LogP contribution < -0.4 is 4.74 Å². The Kier molecular flexibility index (Phi) is 4.49. The van der Waals surface area contributed by atoms with Crippen LogP contribution in [0.2, 0.25) is 0 Å². The van der Waals surface area contributed by atoms with Crippen molar-refractivity contribution in [3.8, 4) is 5.75 Å². The molecule has 6 heteroatoms. The Morgan fingerprint density at radius 3 is 2.85 bits per heavy atom. The molecule has 0 aliphatic carbocycles. The van der Waals surface area contributed by atoms with Crippen LogP contribution in [0.25, 0.3) is 11.0 Å². The van der Waals surface area contributed by atoms with Crippen LogP contribution >= 0.6 is 11.6 Å². The molecule has 0 bridgehead atoms. The zero-order chi connectivity index (χ0) is 14.7. The number of imidazole rings is 1. The number of benzene rings is 1. The number of hydrogen-bond donors (Lipinski definition) is 0. The highest BCUT2D eigenvalue weighted by Gasteiger charge is 2.18. The molecule has 5 nitrogen and oxygen atoms in total. The van der Waals surface area contributed by atoms with E-state index in [4.69, 9.17) is 21.1 Å². The van der Waals surface area contributed by atoms with Crippen LogP contribution in [0.5, 0.6) is 5.75 Å². The molecule has 1 unspecified atom stereocenters. The molecule has 0 radical (unpaired) electrons. The first kappa shape index (κ1) is 14.7. The summed E-state index contributed by atoms with van der Waals surface area (Å²) in [6.07, 6.45) is 0. The molecule has 0 saturated carbocycles. The number of ether oxygens (including phenoxy) is 2. The number of fused-ring (bicyclic) bond motifs is 1. The number of carbonyl (C=O) groups is 1. The second-order valence-electron chi connectivity index (χ2n) is 4.33. The van der Waals surface area contributed by atoms with Gasteiger partial charge in [0, 0.05) is 6.07 Å². The van der Waals surface area contributed by atoms with Gasteiger partial charge < -0.3 is 14.0 Å². The maximum absolute atomic E-state index is 11.7. The Bertz CT molecular complexity index is 622. The molecule has 2 aromatic rings. The minimum atomic E-state index is -0.304. The lowest BCUT2D eigenvalue weighted by molar-refractivity contribution is -0.143. The number of hydrogen-bond acceptors (Lipinski definition) is 4. The van der Waals surface area contributed by atoms with E-state index in [0.29, 0.717) is 18.2 Å². The van der Waals surface area contributed by atoms with Crippen LogP contribution in [0.3, 0.4) is 0 Å². The second kappa shape index (κ2) is 6.13. The molecule has 2 rings (SSSR count). The monoisotopic (exact) mass is 296 g/mol. The third-order valence-electron chi connectivity index (χ3n) is 2.93. The standard InChI is InChI=1S/C14H17ClN2O3/c1-4-20-13(18)8-17-12-6-5-10(19-3)7-11(12)16-14(17)9(2)15/h5-7,9H,4,8H2,1-3H3. The van der Waals surface area contributed by atoms with Crippen molar-refractivity contribution in [3.63, 3.8) is 0 Å². The number of methoxy groups -OCH3 is 1. The molecule has 0 N–H and O–H groups in total. The highest BCUT2D eigenvalue weighted by atomic mass is 35.5. The molecule has 0 amide bonds. The van der Waals surface area contributed by atoms with E-state index in [1.165, 1.54) is 0 Å². The fraction of sp³-hybridized carbons (Fsp3) is 0.429. The summed E-state index contributed by atoms with van der Waals surface area (Å²) in [5.74, 6) is 1.05. The van der Waals surface area contributed by atoms with Gasteiger partial charge in [0.2, 0.25) is 0 Å². The molecule has 1 aromatic heterocycles. The van der Waals surface area contributed by atoms with Gasteiger partial charge in [-0.05, 0) is 26.0 Å². The van der Waals surface area contributed by atoms with Crippen LogP contribution in [-0.4, -0.2) is 29.2 Å². The van der Waals surface area contributed by atoms with Crippen LogP contribution in [0.15, 0.2) is 18.2 Å². The van der Waals surface area contributed by atoms with Gasteiger partial charge in [-0.15, -0.1) is 11.6 Å². The van der Waals surface area contributed by atoms with Gasteiger partial charge in [0.1, 0.15) is 18.1 Å². The highest BCUT2D eigenvalue weighted by molar-refractivity contribution is 6.20. The average molecular weight is 297 g/mol. The number of esters is 1. The van der Waals surface area contributed by atoms with Crippen LogP contribution in [0.4, 0.5) is 0 Å². The predicted molar refractivity (Wildman–Crippen MR) is 77.2 cm³/mol. The number of carbonyl (C=O) groups excluding carboxylic acids is 1. The third kappa shape index (κ3) is 2.88. The Morgan fingerprint density at radius 1 is 1.50 bits per heavy atom. The van der Waals surface area contributed by atoms with Gasteiger partial charge in [-0.1, -0.05) is 0 Å². The first-order valence-electron chi connectivity index (χ1n) is 6.40. The first-order valence-corrected chi connectivity index (χ1v) is 6.84. The Morgan fingerprint density at radius 2 is 2.25 bits per heavy atom. The molecular formula is C14H17ClN2O3. The zero-order valence-electron chi connectivity index (χ0n) is 11.7. The van der Waals surface area contributed by atoms with Crippen molar-refractivity contribution in [2.24, 2.45) is 0 Å². The molecule has 0 spiro atoms. The molecule has 1 aromatic carbocycles. The minimum absolute atomic E-state index is 0.100. The van der Waals surface area contributed by atoms with Crippen LogP contribution in [-0.2, 0) is 16.1 Å². The van der Waals surface area contributed by atoms with Crippen molar-refractivity contribution in [3.05, 3.63) is 24.0 Å². The van der Waals surface area contributed by atoms with E-state index in [1.54, 1.807) is 18.6 Å². The van der Waals surface area contributed by atoms with Gasteiger partial charge in [0.05, 0.1) is 30.1 Å². The van der Waals surface area contributed by atoms with E-state index in [2.05, 4.69) is 4.98 Å². The number of rotatable bonds is 5. The summed E-state index contributed by atoms with van der Waals surface area (Å²) in [6.45, 7) is 4.05. The summed E-state index contributed by atoms with van der Waals surface area (Å²) in [5.41, 5.74) is 1.58. The average Bonchev–Trinajstić information content (AvgIpc) is 2.77. The van der Waals surface area contributed by atoms with Gasteiger partial charge in [-0.3, -0.25) is 4.79 Å². The number of halogens is 1. The molecule has 0 fully saturated rings. The number of alkyl halides is 1. The van der Waals surface area contributed by atoms with Gasteiger partial charge in [-0.2, -0.15) is 0 Å². The Hall–Kier alpha value is -1.75. The Balaban J connectivity index is 2.48. The maximum Gasteiger partial charge on any atom is 0.326 e. The summed E-state index contributed by atoms with van der Waals surface area (Å²) in [5, 5.41) is -0.303. The largest absolute Gasteiger partial charge is 0.497 e. The predicted octanol–water partition coefficient (Wildman–Crippen LogP) is 2.91. The maximum atomic E-state index is 11.7. The quantitative estimate of drug-likeness (QED) is 0.629. The van der Waals surface area contributed by atoms with Crippen molar-refractivity contribution in [1.29, 1.82) is 0 Å². The van der Waals surface area contributed by atoms with Crippen molar-refractivity contribution in [2.75, 3.05) is 13.7 Å². The summed E-state index contributed by atoms with van der Waals surface area (Å²) in [6, 6.07) is 5.51. The third-order valence-corrected chi connectivity index (χ3v) is 3.13. The molecule has 0 aliphatic heterocycles. The van der Waals surface area contributed by atoms with Crippen LogP contribution in [0.1, 0.15) is 25.0 Å². The SMILES string of the molecule is CCOC(=O)Cn1c(C(C)Cl)nc2cc(OC)ccc21. The van der Waals surface area contributed by atoms with Crippen molar-refractivity contribution in [2.45, 2.75) is 25.8 Å². The lowest BCUT2D eigenvalue weighted by Gasteiger charge is -2.09. The van der Waals surface area contributed by atoms with E-state index in [-0.39, 0.29) is 17.9 Å². The van der Waals surface area contributed by atoms with Crippen LogP contribution in [0, 0.1) is 0 Å². The molecular weight excluding hydrogens is 280 g/mol. The summed E-state index contributed by atoms with van der Waals surface area (Å²) in [4.78, 5) is 16.2. The van der Waals surface area contributed by atoms with E-state index < -0.39 is 0 Å². The lowest BCUT2D eigenvalue weighted by atomic mass is 10.3. The number of aromatic nitrogens is 2. The first-order chi connectivity index (χ1) is 9.56. The van der Waals surface area contributed by atoms with Crippen molar-refractivity contribution in [1.82, 2.24) is 9.55 Å². The minimum Gasteiger partial charge on any atom is -0.497 e. The van der Waals surface area contributed by atoms with Gasteiger partial charge in [-0.25, -0.2) is 4.98 Å². The smallest absolute Gasteiger partial charge is 0.326 e. The van der Waals surface area contributed by atoms with Crippen molar-refractivity contribution < 1.29 is 14.3 Å².